The molecule has 0 saturated heterocycles. The van der Waals surface area contributed by atoms with Gasteiger partial charge in [-0.25, -0.2) is 8.42 Å². The number of nitrogens with one attached hydrogen (secondary N) is 3. The van der Waals surface area contributed by atoms with Crippen LogP contribution in [0.3, 0.4) is 0 Å². The Morgan fingerprint density at radius 1 is 1.43 bits per heavy atom. The molecule has 1 aromatic rings. The number of amidine groups is 1. The van der Waals surface area contributed by atoms with Crippen molar-refractivity contribution in [2.45, 2.75) is 6.92 Å². The lowest BCUT2D eigenvalue weighted by molar-refractivity contribution is -0.118. The van der Waals surface area contributed by atoms with E-state index in [9.17, 15) is 18.0 Å². The van der Waals surface area contributed by atoms with Crippen molar-refractivity contribution in [2.24, 2.45) is 0 Å². The molecule has 10 heteroatoms. The predicted molar refractivity (Wildman–Crippen MR) is 81.0 cm³/mol. The fourth-order valence-corrected chi connectivity index (χ4v) is 2.39. The van der Waals surface area contributed by atoms with Gasteiger partial charge in [0.05, 0.1) is 18.4 Å². The fraction of sp³-hybridized carbons (Fsp3) is 0.364. The second-order valence-electron chi connectivity index (χ2n) is 3.99. The normalized spacial score (nSPS) is 11.0. The highest BCUT2D eigenvalue weighted by Gasteiger charge is 2.13. The molecule has 1 aromatic heterocycles. The summed E-state index contributed by atoms with van der Waals surface area (Å²) in [7, 11) is -3.44. The van der Waals surface area contributed by atoms with Crippen molar-refractivity contribution >= 4 is 38.8 Å². The van der Waals surface area contributed by atoms with Gasteiger partial charge in [-0.05, 0) is 11.8 Å². The van der Waals surface area contributed by atoms with Gasteiger partial charge in [0.15, 0.2) is 5.17 Å². The second-order valence-corrected chi connectivity index (χ2v) is 7.15. The minimum atomic E-state index is -3.44. The Morgan fingerprint density at radius 2 is 2.10 bits per heavy atom. The van der Waals surface area contributed by atoms with Gasteiger partial charge in [-0.15, -0.1) is 0 Å². The van der Waals surface area contributed by atoms with Crippen LogP contribution in [-0.4, -0.2) is 47.9 Å². The zero-order valence-electron chi connectivity index (χ0n) is 11.5. The van der Waals surface area contributed by atoms with Gasteiger partial charge in [0.25, 0.3) is 5.91 Å². The average Bonchev–Trinajstić information content (AvgIpc) is 2.85. The number of thioether (sulfide) groups is 1. The van der Waals surface area contributed by atoms with Gasteiger partial charge >= 0.3 is 0 Å². The van der Waals surface area contributed by atoms with Gasteiger partial charge in [0.2, 0.25) is 15.9 Å². The molecule has 8 nitrogen and oxygen atoms in total. The maximum absolute atomic E-state index is 11.7. The molecule has 0 aromatic carbocycles. The molecule has 0 unspecified atom stereocenters. The van der Waals surface area contributed by atoms with Gasteiger partial charge in [-0.1, -0.05) is 18.7 Å². The molecule has 0 bridgehead atoms. The van der Waals surface area contributed by atoms with Crippen LogP contribution in [0, 0.1) is 5.41 Å². The van der Waals surface area contributed by atoms with E-state index in [1.165, 1.54) is 12.3 Å². The molecule has 2 amide bonds. The third-order valence-electron chi connectivity index (χ3n) is 2.26. The van der Waals surface area contributed by atoms with Crippen LogP contribution in [0.25, 0.3) is 0 Å². The zero-order chi connectivity index (χ0) is 16.0. The molecular weight excluding hydrogens is 316 g/mol. The van der Waals surface area contributed by atoms with Gasteiger partial charge in [-0.2, -0.15) is 0 Å². The Kier molecular flexibility index (Phi) is 5.97. The first-order valence-corrected chi connectivity index (χ1v) is 8.75. The third kappa shape index (κ3) is 5.60. The number of rotatable bonds is 5. The van der Waals surface area contributed by atoms with Crippen LogP contribution in [-0.2, 0) is 14.8 Å². The van der Waals surface area contributed by atoms with Crippen molar-refractivity contribution in [3.8, 4) is 0 Å². The third-order valence-corrected chi connectivity index (χ3v) is 3.94. The van der Waals surface area contributed by atoms with Crippen LogP contribution in [0.1, 0.15) is 17.3 Å². The summed E-state index contributed by atoms with van der Waals surface area (Å²) in [6.07, 6.45) is 3.43. The summed E-state index contributed by atoms with van der Waals surface area (Å²) < 4.78 is 23.4. The highest BCUT2D eigenvalue weighted by Crippen LogP contribution is 2.03. The quantitative estimate of drug-likeness (QED) is 0.510. The van der Waals surface area contributed by atoms with Crippen molar-refractivity contribution in [1.29, 1.82) is 5.41 Å². The predicted octanol–water partition coefficient (Wildman–Crippen LogP) is -0.170. The molecule has 0 atom stereocenters. The summed E-state index contributed by atoms with van der Waals surface area (Å²) >= 11 is 1.16. The van der Waals surface area contributed by atoms with E-state index in [0.29, 0.717) is 5.75 Å². The van der Waals surface area contributed by atoms with Crippen molar-refractivity contribution in [3.05, 3.63) is 24.0 Å². The van der Waals surface area contributed by atoms with Gasteiger partial charge < -0.3 is 10.6 Å². The number of nitrogens with zero attached hydrogens (tertiary/aromatic N) is 1. The van der Waals surface area contributed by atoms with Gasteiger partial charge in [0.1, 0.15) is 0 Å². The van der Waals surface area contributed by atoms with Crippen LogP contribution in [0.5, 0.6) is 0 Å². The molecule has 21 heavy (non-hydrogen) atoms. The van der Waals surface area contributed by atoms with Gasteiger partial charge in [-0.3, -0.25) is 19.0 Å². The number of aromatic nitrogens is 1. The molecule has 0 fully saturated rings. The van der Waals surface area contributed by atoms with Gasteiger partial charge in [0, 0.05) is 12.4 Å². The van der Waals surface area contributed by atoms with Crippen LogP contribution in [0.2, 0.25) is 0 Å². The highest BCUT2D eigenvalue weighted by atomic mass is 32.2. The average molecular weight is 332 g/mol. The Morgan fingerprint density at radius 3 is 2.62 bits per heavy atom. The number of carbonyl (C=O) groups is 2. The first kappa shape index (κ1) is 17.2. The van der Waals surface area contributed by atoms with Crippen molar-refractivity contribution in [2.75, 3.05) is 18.6 Å². The molecule has 0 radical (unpaired) electrons. The molecular formula is C11H16N4O4S2. The number of hydrogen-bond donors (Lipinski definition) is 3. The van der Waals surface area contributed by atoms with E-state index in [2.05, 4.69) is 10.6 Å². The van der Waals surface area contributed by atoms with E-state index in [-0.39, 0.29) is 17.3 Å². The van der Waals surface area contributed by atoms with Crippen molar-refractivity contribution in [3.63, 3.8) is 0 Å². The molecule has 0 saturated carbocycles. The minimum absolute atomic E-state index is 0.0139. The lowest BCUT2D eigenvalue weighted by atomic mass is 10.3. The molecule has 1 heterocycles. The Balaban J connectivity index is 2.53. The van der Waals surface area contributed by atoms with E-state index >= 15 is 0 Å². The van der Waals surface area contributed by atoms with Crippen LogP contribution in [0.15, 0.2) is 18.5 Å². The lowest BCUT2D eigenvalue weighted by Gasteiger charge is -2.06. The topological polar surface area (TPSA) is 121 Å². The molecule has 116 valence electrons. The van der Waals surface area contributed by atoms with Crippen LogP contribution in [0.4, 0.5) is 0 Å². The Bertz CT molecular complexity index is 651. The monoisotopic (exact) mass is 332 g/mol. The van der Waals surface area contributed by atoms with Crippen molar-refractivity contribution < 1.29 is 18.0 Å². The number of carbonyl (C=O) groups excluding carboxylic acids is 2. The fourth-order valence-electron chi connectivity index (χ4n) is 1.33. The number of hydrogen-bond acceptors (Lipinski definition) is 6. The first-order valence-electron chi connectivity index (χ1n) is 5.92. The standard InChI is InChI=1S/C11H16N4O4S2/c1-3-20-11(12)14-9(16)6-13-10(17)8-4-5-15(7-8)21(2,18)19/h4-5,7H,3,6H2,1-2H3,(H,13,17)(H2,12,14,16). The summed E-state index contributed by atoms with van der Waals surface area (Å²) in [5.41, 5.74) is 0.131. The Hall–Kier alpha value is -1.81. The second kappa shape index (κ2) is 7.27. The van der Waals surface area contributed by atoms with E-state index in [4.69, 9.17) is 5.41 Å². The summed E-state index contributed by atoms with van der Waals surface area (Å²) in [6.45, 7) is 1.55. The first-order chi connectivity index (χ1) is 9.74. The molecule has 0 aliphatic carbocycles. The summed E-state index contributed by atoms with van der Waals surface area (Å²) in [4.78, 5) is 23.2. The smallest absolute Gasteiger partial charge is 0.253 e. The SMILES string of the molecule is CCSC(=N)NC(=O)CNC(=O)c1ccn(S(C)(=O)=O)c1. The zero-order valence-corrected chi connectivity index (χ0v) is 13.2. The lowest BCUT2D eigenvalue weighted by Crippen LogP contribution is -2.38. The molecule has 0 aliphatic heterocycles. The molecule has 0 spiro atoms. The van der Waals surface area contributed by atoms with Crippen LogP contribution < -0.4 is 10.6 Å². The van der Waals surface area contributed by atoms with Crippen molar-refractivity contribution in [1.82, 2.24) is 14.6 Å². The number of amides is 2. The summed E-state index contributed by atoms with van der Waals surface area (Å²) in [5.74, 6) is -0.427. The summed E-state index contributed by atoms with van der Waals surface area (Å²) in [6, 6.07) is 1.34. The Labute approximate surface area is 126 Å². The maximum atomic E-state index is 11.7. The highest BCUT2D eigenvalue weighted by molar-refractivity contribution is 8.13. The van der Waals surface area contributed by atoms with E-state index in [0.717, 1.165) is 28.2 Å². The van der Waals surface area contributed by atoms with Crippen LogP contribution >= 0.6 is 11.8 Å². The molecule has 3 N–H and O–H groups in total. The minimum Gasteiger partial charge on any atom is -0.343 e. The molecule has 0 aliphatic rings. The van der Waals surface area contributed by atoms with E-state index in [1.807, 2.05) is 6.92 Å². The largest absolute Gasteiger partial charge is 0.343 e. The maximum Gasteiger partial charge on any atom is 0.253 e. The molecule has 1 rings (SSSR count). The van der Waals surface area contributed by atoms with E-state index < -0.39 is 21.8 Å². The van der Waals surface area contributed by atoms with E-state index in [1.54, 1.807) is 0 Å². The summed E-state index contributed by atoms with van der Waals surface area (Å²) in [5, 5.41) is 12.1.